The lowest BCUT2D eigenvalue weighted by Gasteiger charge is -1.93. The molecule has 0 aliphatic carbocycles. The van der Waals surface area contributed by atoms with Crippen LogP contribution in [0.25, 0.3) is 11.1 Å². The molecule has 2 rings (SSSR count). The summed E-state index contributed by atoms with van der Waals surface area (Å²) in [5.74, 6) is -0.423. The molecule has 12 heavy (non-hydrogen) atoms. The van der Waals surface area contributed by atoms with Crippen molar-refractivity contribution in [3.63, 3.8) is 0 Å². The molecule has 0 aliphatic heterocycles. The minimum Gasteiger partial charge on any atom is -0.408 e. The molecule has 2 heterocycles. The Hall–Kier alpha value is -1.58. The van der Waals surface area contributed by atoms with Crippen molar-refractivity contribution in [1.29, 1.82) is 0 Å². The highest BCUT2D eigenvalue weighted by atomic mass is 16.4. The fourth-order valence-corrected chi connectivity index (χ4v) is 1.20. The summed E-state index contributed by atoms with van der Waals surface area (Å²) >= 11 is 0. The summed E-state index contributed by atoms with van der Waals surface area (Å²) in [6.07, 6.45) is 2.42. The second-order valence-corrected chi connectivity index (χ2v) is 2.50. The van der Waals surface area contributed by atoms with Gasteiger partial charge in [-0.05, 0) is 6.42 Å². The largest absolute Gasteiger partial charge is 0.417 e. The Kier molecular flexibility index (Phi) is 1.46. The fourth-order valence-electron chi connectivity index (χ4n) is 1.20. The van der Waals surface area contributed by atoms with Crippen LogP contribution in [0.2, 0.25) is 0 Å². The summed E-state index contributed by atoms with van der Waals surface area (Å²) in [6.45, 7) is 1.98. The van der Waals surface area contributed by atoms with Crippen LogP contribution in [-0.4, -0.2) is 9.97 Å². The first-order valence-corrected chi connectivity index (χ1v) is 3.78. The van der Waals surface area contributed by atoms with Crippen LogP contribution in [0.1, 0.15) is 12.6 Å². The summed E-state index contributed by atoms with van der Waals surface area (Å²) in [6, 6.07) is 1.67. The van der Waals surface area contributed by atoms with Crippen LogP contribution in [0, 0.1) is 0 Å². The van der Waals surface area contributed by atoms with Crippen LogP contribution in [0.15, 0.2) is 21.5 Å². The smallest absolute Gasteiger partial charge is 0.408 e. The van der Waals surface area contributed by atoms with E-state index in [0.29, 0.717) is 11.1 Å². The normalized spacial score (nSPS) is 10.8. The van der Waals surface area contributed by atoms with Gasteiger partial charge in [0.05, 0.1) is 5.69 Å². The van der Waals surface area contributed by atoms with Gasteiger partial charge >= 0.3 is 5.76 Å². The van der Waals surface area contributed by atoms with Gasteiger partial charge in [-0.2, -0.15) is 0 Å². The van der Waals surface area contributed by atoms with E-state index in [4.69, 9.17) is 4.42 Å². The molecule has 0 unspecified atom stereocenters. The lowest BCUT2D eigenvalue weighted by Crippen LogP contribution is -1.95. The molecule has 0 radical (unpaired) electrons. The summed E-state index contributed by atoms with van der Waals surface area (Å²) in [5, 5.41) is 0. The van der Waals surface area contributed by atoms with Crippen molar-refractivity contribution in [3.05, 3.63) is 28.5 Å². The van der Waals surface area contributed by atoms with E-state index < -0.39 is 5.76 Å². The molecule has 0 saturated carbocycles. The van der Waals surface area contributed by atoms with Gasteiger partial charge in [0.1, 0.15) is 5.52 Å². The lowest BCUT2D eigenvalue weighted by atomic mass is 10.2. The number of aryl methyl sites for hydroxylation is 1. The van der Waals surface area contributed by atoms with E-state index in [-0.39, 0.29) is 0 Å². The maximum Gasteiger partial charge on any atom is 0.417 e. The van der Waals surface area contributed by atoms with Gasteiger partial charge in [0.2, 0.25) is 0 Å². The van der Waals surface area contributed by atoms with Crippen LogP contribution in [-0.2, 0) is 6.42 Å². The highest BCUT2D eigenvalue weighted by Gasteiger charge is 2.04. The summed E-state index contributed by atoms with van der Waals surface area (Å²) in [4.78, 5) is 17.5. The molecule has 0 spiro atoms. The fraction of sp³-hybridized carbons (Fsp3) is 0.250. The predicted molar refractivity (Wildman–Crippen MR) is 44.0 cm³/mol. The van der Waals surface area contributed by atoms with Gasteiger partial charge in [0.25, 0.3) is 0 Å². The zero-order chi connectivity index (χ0) is 8.55. The number of aromatic amines is 1. The molecule has 0 atom stereocenters. The minimum absolute atomic E-state index is 0.423. The summed E-state index contributed by atoms with van der Waals surface area (Å²) in [7, 11) is 0. The van der Waals surface area contributed by atoms with Crippen LogP contribution in [0.5, 0.6) is 0 Å². The number of nitrogens with zero attached hydrogens (tertiary/aromatic N) is 1. The average molecular weight is 164 g/mol. The molecular formula is C8H8N2O2. The molecule has 0 amide bonds. The number of hydrogen-bond acceptors (Lipinski definition) is 3. The first-order chi connectivity index (χ1) is 5.81. The standard InChI is InChI=1S/C8H8N2O2/c1-2-5-7-6(3-4-9-5)12-8(11)10-7/h3-4H,2H2,1H3,(H,10,11). The maximum absolute atomic E-state index is 10.8. The van der Waals surface area contributed by atoms with E-state index in [9.17, 15) is 4.79 Å². The van der Waals surface area contributed by atoms with E-state index in [1.54, 1.807) is 12.3 Å². The van der Waals surface area contributed by atoms with Gasteiger partial charge in [-0.25, -0.2) is 4.79 Å². The lowest BCUT2D eigenvalue weighted by molar-refractivity contribution is 0.555. The molecule has 62 valence electrons. The van der Waals surface area contributed by atoms with E-state index in [2.05, 4.69) is 9.97 Å². The Balaban J connectivity index is 2.87. The Labute approximate surface area is 68.2 Å². The highest BCUT2D eigenvalue weighted by Crippen LogP contribution is 2.11. The first kappa shape index (κ1) is 7.09. The van der Waals surface area contributed by atoms with Crippen LogP contribution in [0.4, 0.5) is 0 Å². The number of oxazole rings is 1. The molecule has 0 aromatic carbocycles. The summed E-state index contributed by atoms with van der Waals surface area (Å²) in [5.41, 5.74) is 2.15. The van der Waals surface area contributed by atoms with Crippen molar-refractivity contribution in [2.45, 2.75) is 13.3 Å². The number of rotatable bonds is 1. The topological polar surface area (TPSA) is 58.9 Å². The third-order valence-corrected chi connectivity index (χ3v) is 1.76. The van der Waals surface area contributed by atoms with Gasteiger partial charge < -0.3 is 4.42 Å². The Morgan fingerprint density at radius 1 is 1.67 bits per heavy atom. The Morgan fingerprint density at radius 2 is 2.50 bits per heavy atom. The first-order valence-electron chi connectivity index (χ1n) is 3.78. The van der Waals surface area contributed by atoms with Crippen molar-refractivity contribution in [2.75, 3.05) is 0 Å². The molecular weight excluding hydrogens is 156 g/mol. The van der Waals surface area contributed by atoms with E-state index in [1.165, 1.54) is 0 Å². The third kappa shape index (κ3) is 0.922. The van der Waals surface area contributed by atoms with Crippen molar-refractivity contribution in [1.82, 2.24) is 9.97 Å². The molecule has 2 aromatic heterocycles. The average Bonchev–Trinajstić information content (AvgIpc) is 2.44. The van der Waals surface area contributed by atoms with Gasteiger partial charge in [-0.3, -0.25) is 9.97 Å². The number of H-pyrrole nitrogens is 1. The summed E-state index contributed by atoms with van der Waals surface area (Å²) < 4.78 is 4.86. The Morgan fingerprint density at radius 3 is 3.25 bits per heavy atom. The zero-order valence-electron chi connectivity index (χ0n) is 6.63. The second-order valence-electron chi connectivity index (χ2n) is 2.50. The van der Waals surface area contributed by atoms with Gasteiger partial charge in [-0.15, -0.1) is 0 Å². The van der Waals surface area contributed by atoms with Gasteiger partial charge in [-0.1, -0.05) is 6.92 Å². The number of nitrogens with one attached hydrogen (secondary N) is 1. The Bertz CT molecular complexity index is 455. The van der Waals surface area contributed by atoms with E-state index in [0.717, 1.165) is 12.1 Å². The molecule has 0 bridgehead atoms. The van der Waals surface area contributed by atoms with Gasteiger partial charge in [0, 0.05) is 12.3 Å². The quantitative estimate of drug-likeness (QED) is 0.686. The minimum atomic E-state index is -0.423. The SMILES string of the molecule is CCc1nccc2oc(=O)[nH]c12. The molecule has 4 nitrogen and oxygen atoms in total. The maximum atomic E-state index is 10.8. The van der Waals surface area contributed by atoms with Crippen molar-refractivity contribution in [2.24, 2.45) is 0 Å². The van der Waals surface area contributed by atoms with Crippen LogP contribution >= 0.6 is 0 Å². The molecule has 0 fully saturated rings. The van der Waals surface area contributed by atoms with Crippen LogP contribution < -0.4 is 5.76 Å². The van der Waals surface area contributed by atoms with E-state index in [1.807, 2.05) is 6.92 Å². The van der Waals surface area contributed by atoms with Crippen molar-refractivity contribution in [3.8, 4) is 0 Å². The monoisotopic (exact) mass is 164 g/mol. The second kappa shape index (κ2) is 2.48. The molecule has 0 aliphatic rings. The molecule has 4 heteroatoms. The highest BCUT2D eigenvalue weighted by molar-refractivity contribution is 5.73. The van der Waals surface area contributed by atoms with Crippen molar-refractivity contribution >= 4 is 11.1 Å². The van der Waals surface area contributed by atoms with Crippen molar-refractivity contribution < 1.29 is 4.42 Å². The third-order valence-electron chi connectivity index (χ3n) is 1.76. The van der Waals surface area contributed by atoms with Crippen LogP contribution in [0.3, 0.4) is 0 Å². The number of fused-ring (bicyclic) bond motifs is 1. The number of pyridine rings is 1. The molecule has 1 N–H and O–H groups in total. The number of hydrogen-bond donors (Lipinski definition) is 1. The molecule has 2 aromatic rings. The zero-order valence-corrected chi connectivity index (χ0v) is 6.63. The van der Waals surface area contributed by atoms with E-state index >= 15 is 0 Å². The predicted octanol–water partition coefficient (Wildman–Crippen LogP) is 1.08. The number of aromatic nitrogens is 2. The molecule has 0 saturated heterocycles. The van der Waals surface area contributed by atoms with Gasteiger partial charge in [0.15, 0.2) is 5.58 Å².